The van der Waals surface area contributed by atoms with Gasteiger partial charge in [0.2, 0.25) is 0 Å². The fraction of sp³-hybridized carbons (Fsp3) is 1.00. The molecular formula is C26H55NO2. The van der Waals surface area contributed by atoms with E-state index in [2.05, 4.69) is 33.0 Å². The number of unbranched alkanes of at least 4 members (excludes halogenated alkanes) is 16. The SMILES string of the molecule is CCCCCCCCCCCOC(C)NC(C)OCCCCCCCCCCC. The van der Waals surface area contributed by atoms with Crippen LogP contribution in [-0.4, -0.2) is 25.7 Å². The first kappa shape index (κ1) is 28.9. The molecule has 2 unspecified atom stereocenters. The fourth-order valence-electron chi connectivity index (χ4n) is 3.77. The van der Waals surface area contributed by atoms with Crippen LogP contribution in [0.5, 0.6) is 0 Å². The second-order valence-corrected chi connectivity index (χ2v) is 8.85. The van der Waals surface area contributed by atoms with Gasteiger partial charge in [-0.25, -0.2) is 0 Å². The van der Waals surface area contributed by atoms with E-state index < -0.39 is 0 Å². The van der Waals surface area contributed by atoms with Gasteiger partial charge in [-0.05, 0) is 26.7 Å². The Morgan fingerprint density at radius 3 is 1.03 bits per heavy atom. The summed E-state index contributed by atoms with van der Waals surface area (Å²) in [6.07, 6.45) is 24.6. The van der Waals surface area contributed by atoms with Gasteiger partial charge in [-0.15, -0.1) is 0 Å². The Bertz CT molecular complexity index is 270. The molecule has 0 radical (unpaired) electrons. The van der Waals surface area contributed by atoms with Crippen LogP contribution in [0, 0.1) is 0 Å². The van der Waals surface area contributed by atoms with E-state index in [9.17, 15) is 0 Å². The second kappa shape index (κ2) is 24.2. The van der Waals surface area contributed by atoms with Crippen molar-refractivity contribution in [1.82, 2.24) is 5.32 Å². The summed E-state index contributed by atoms with van der Waals surface area (Å²) in [7, 11) is 0. The van der Waals surface area contributed by atoms with Gasteiger partial charge in [0.25, 0.3) is 0 Å². The van der Waals surface area contributed by atoms with Crippen molar-refractivity contribution in [2.75, 3.05) is 13.2 Å². The van der Waals surface area contributed by atoms with Crippen molar-refractivity contribution in [2.24, 2.45) is 0 Å². The van der Waals surface area contributed by atoms with Crippen LogP contribution in [0.3, 0.4) is 0 Å². The van der Waals surface area contributed by atoms with Crippen LogP contribution in [0.25, 0.3) is 0 Å². The highest BCUT2D eigenvalue weighted by atomic mass is 16.5. The molecule has 0 saturated heterocycles. The lowest BCUT2D eigenvalue weighted by Crippen LogP contribution is -2.38. The van der Waals surface area contributed by atoms with Gasteiger partial charge in [0.05, 0.1) is 0 Å². The summed E-state index contributed by atoms with van der Waals surface area (Å²) in [4.78, 5) is 0. The molecule has 0 saturated carbocycles. The molecule has 0 aliphatic rings. The Labute approximate surface area is 184 Å². The summed E-state index contributed by atoms with van der Waals surface area (Å²) >= 11 is 0. The van der Waals surface area contributed by atoms with Crippen LogP contribution in [0.2, 0.25) is 0 Å². The quantitative estimate of drug-likeness (QED) is 0.127. The first-order valence-corrected chi connectivity index (χ1v) is 13.2. The molecule has 0 aromatic rings. The van der Waals surface area contributed by atoms with Gasteiger partial charge >= 0.3 is 0 Å². The third kappa shape index (κ3) is 24.0. The molecule has 0 aliphatic heterocycles. The van der Waals surface area contributed by atoms with Gasteiger partial charge in [0.1, 0.15) is 12.5 Å². The van der Waals surface area contributed by atoms with Gasteiger partial charge < -0.3 is 9.47 Å². The van der Waals surface area contributed by atoms with Gasteiger partial charge in [0, 0.05) is 13.2 Å². The number of hydrogen-bond acceptors (Lipinski definition) is 3. The van der Waals surface area contributed by atoms with Gasteiger partial charge in [-0.3, -0.25) is 5.32 Å². The predicted molar refractivity (Wildman–Crippen MR) is 128 cm³/mol. The molecule has 0 bridgehead atoms. The molecule has 0 spiro atoms. The highest BCUT2D eigenvalue weighted by Gasteiger charge is 2.07. The number of hydrogen-bond donors (Lipinski definition) is 1. The van der Waals surface area contributed by atoms with Crippen molar-refractivity contribution in [1.29, 1.82) is 0 Å². The number of ether oxygens (including phenoxy) is 2. The average Bonchev–Trinajstić information content (AvgIpc) is 2.70. The zero-order valence-corrected chi connectivity index (χ0v) is 20.6. The highest BCUT2D eigenvalue weighted by molar-refractivity contribution is 4.53. The Morgan fingerprint density at radius 1 is 0.448 bits per heavy atom. The highest BCUT2D eigenvalue weighted by Crippen LogP contribution is 2.11. The van der Waals surface area contributed by atoms with Gasteiger partial charge in [-0.1, -0.05) is 117 Å². The van der Waals surface area contributed by atoms with E-state index in [0.717, 1.165) is 13.2 Å². The molecule has 0 fully saturated rings. The molecule has 0 aliphatic carbocycles. The summed E-state index contributed by atoms with van der Waals surface area (Å²) < 4.78 is 11.8. The average molecular weight is 414 g/mol. The van der Waals surface area contributed by atoms with E-state index in [1.807, 2.05) is 0 Å². The van der Waals surface area contributed by atoms with Crippen LogP contribution in [0.15, 0.2) is 0 Å². The zero-order chi connectivity index (χ0) is 21.4. The molecule has 3 nitrogen and oxygen atoms in total. The number of rotatable bonds is 24. The minimum Gasteiger partial charge on any atom is -0.364 e. The first-order chi connectivity index (χ1) is 14.2. The van der Waals surface area contributed by atoms with E-state index in [1.54, 1.807) is 0 Å². The molecule has 29 heavy (non-hydrogen) atoms. The largest absolute Gasteiger partial charge is 0.364 e. The molecule has 2 atom stereocenters. The Balaban J connectivity index is 3.29. The Morgan fingerprint density at radius 2 is 0.724 bits per heavy atom. The van der Waals surface area contributed by atoms with Crippen LogP contribution < -0.4 is 5.32 Å². The van der Waals surface area contributed by atoms with E-state index in [4.69, 9.17) is 9.47 Å². The van der Waals surface area contributed by atoms with E-state index in [1.165, 1.54) is 116 Å². The minimum atomic E-state index is 0.0714. The lowest BCUT2D eigenvalue weighted by atomic mass is 10.1. The Kier molecular flexibility index (Phi) is 24.1. The van der Waals surface area contributed by atoms with Crippen molar-refractivity contribution >= 4 is 0 Å². The summed E-state index contributed by atoms with van der Waals surface area (Å²) in [6.45, 7) is 10.4. The molecule has 0 aromatic carbocycles. The van der Waals surface area contributed by atoms with Crippen molar-refractivity contribution in [3.63, 3.8) is 0 Å². The van der Waals surface area contributed by atoms with Gasteiger partial charge in [0.15, 0.2) is 0 Å². The van der Waals surface area contributed by atoms with E-state index in [-0.39, 0.29) is 12.5 Å². The topological polar surface area (TPSA) is 30.5 Å². The van der Waals surface area contributed by atoms with Crippen LogP contribution in [0.1, 0.15) is 143 Å². The molecule has 0 amide bonds. The number of nitrogens with one attached hydrogen (secondary N) is 1. The molecule has 0 rings (SSSR count). The van der Waals surface area contributed by atoms with Crippen LogP contribution >= 0.6 is 0 Å². The van der Waals surface area contributed by atoms with E-state index in [0.29, 0.717) is 0 Å². The predicted octanol–water partition coefficient (Wildman–Crippen LogP) is 8.36. The molecular weight excluding hydrogens is 358 g/mol. The third-order valence-electron chi connectivity index (χ3n) is 5.70. The summed E-state index contributed by atoms with van der Waals surface area (Å²) in [5.41, 5.74) is 0. The van der Waals surface area contributed by atoms with Crippen molar-refractivity contribution in [3.05, 3.63) is 0 Å². The molecule has 0 heterocycles. The smallest absolute Gasteiger partial charge is 0.107 e. The van der Waals surface area contributed by atoms with E-state index >= 15 is 0 Å². The minimum absolute atomic E-state index is 0.0714. The standard InChI is InChI=1S/C26H55NO2/c1-5-7-9-11-13-15-17-19-21-23-28-25(3)27-26(4)29-24-22-20-18-16-14-12-10-8-6-2/h25-27H,5-24H2,1-4H3. The molecule has 1 N–H and O–H groups in total. The normalized spacial score (nSPS) is 13.7. The maximum atomic E-state index is 5.88. The van der Waals surface area contributed by atoms with Gasteiger partial charge in [-0.2, -0.15) is 0 Å². The Hall–Kier alpha value is -0.120. The lowest BCUT2D eigenvalue weighted by Gasteiger charge is -2.21. The van der Waals surface area contributed by atoms with Crippen molar-refractivity contribution in [3.8, 4) is 0 Å². The lowest BCUT2D eigenvalue weighted by molar-refractivity contribution is -0.0321. The maximum absolute atomic E-state index is 5.88. The molecule has 176 valence electrons. The monoisotopic (exact) mass is 413 g/mol. The fourth-order valence-corrected chi connectivity index (χ4v) is 3.77. The summed E-state index contributed by atoms with van der Waals surface area (Å²) in [5.74, 6) is 0. The maximum Gasteiger partial charge on any atom is 0.107 e. The first-order valence-electron chi connectivity index (χ1n) is 13.2. The van der Waals surface area contributed by atoms with Crippen LogP contribution in [-0.2, 0) is 9.47 Å². The summed E-state index contributed by atoms with van der Waals surface area (Å²) in [6, 6.07) is 0. The van der Waals surface area contributed by atoms with Crippen molar-refractivity contribution in [2.45, 2.75) is 156 Å². The molecule has 0 aromatic heterocycles. The second-order valence-electron chi connectivity index (χ2n) is 8.85. The molecule has 3 heteroatoms. The summed E-state index contributed by atoms with van der Waals surface area (Å²) in [5, 5.41) is 3.40. The van der Waals surface area contributed by atoms with Crippen molar-refractivity contribution < 1.29 is 9.47 Å². The third-order valence-corrected chi connectivity index (χ3v) is 5.70. The zero-order valence-electron chi connectivity index (χ0n) is 20.6. The van der Waals surface area contributed by atoms with Crippen LogP contribution in [0.4, 0.5) is 0 Å².